The summed E-state index contributed by atoms with van der Waals surface area (Å²) in [4.78, 5) is 36.0. The summed E-state index contributed by atoms with van der Waals surface area (Å²) >= 11 is 1.45. The normalized spacial score (nSPS) is 12.2. The molecule has 0 saturated carbocycles. The lowest BCUT2D eigenvalue weighted by atomic mass is 10.1. The first-order valence-electron chi connectivity index (χ1n) is 9.60. The van der Waals surface area contributed by atoms with E-state index in [0.29, 0.717) is 23.5 Å². The van der Waals surface area contributed by atoms with Gasteiger partial charge in [0.05, 0.1) is 29.0 Å². The van der Waals surface area contributed by atoms with Crippen molar-refractivity contribution in [2.24, 2.45) is 0 Å². The van der Waals surface area contributed by atoms with Crippen LogP contribution in [-0.4, -0.2) is 21.8 Å². The molecule has 0 spiro atoms. The number of nitrogens with zero attached hydrogens (tertiary/aromatic N) is 3. The van der Waals surface area contributed by atoms with Gasteiger partial charge >= 0.3 is 0 Å². The summed E-state index contributed by atoms with van der Waals surface area (Å²) in [6, 6.07) is 16.5. The van der Waals surface area contributed by atoms with Crippen LogP contribution in [0.4, 0.5) is 23.0 Å². The fourth-order valence-electron chi connectivity index (χ4n) is 3.39. The molecule has 0 aliphatic carbocycles. The van der Waals surface area contributed by atoms with Crippen LogP contribution in [-0.2, 0) is 6.54 Å². The van der Waals surface area contributed by atoms with Crippen LogP contribution in [0.3, 0.4) is 0 Å². The number of thiophene rings is 1. The van der Waals surface area contributed by atoms with Crippen molar-refractivity contribution in [2.75, 3.05) is 15.5 Å². The molecule has 152 valence electrons. The Morgan fingerprint density at radius 2 is 1.90 bits per heavy atom. The third-order valence-electron chi connectivity index (χ3n) is 4.95. The SMILES string of the molecule is O=C(Nc1ccc(C(=O)N2Cc3cccnc3Nc3ccccc32)cn1)c1ccsc1. The maximum Gasteiger partial charge on any atom is 0.260 e. The van der Waals surface area contributed by atoms with Gasteiger partial charge in [-0.2, -0.15) is 11.3 Å². The monoisotopic (exact) mass is 427 g/mol. The smallest absolute Gasteiger partial charge is 0.260 e. The van der Waals surface area contributed by atoms with Gasteiger partial charge < -0.3 is 15.5 Å². The first-order valence-corrected chi connectivity index (χ1v) is 10.5. The number of carbonyl (C=O) groups excluding carboxylic acids is 2. The van der Waals surface area contributed by atoms with Gasteiger partial charge in [0.25, 0.3) is 11.8 Å². The minimum atomic E-state index is -0.232. The van der Waals surface area contributed by atoms with Crippen molar-refractivity contribution in [1.82, 2.24) is 9.97 Å². The number of amides is 2. The second kappa shape index (κ2) is 8.00. The third kappa shape index (κ3) is 3.76. The van der Waals surface area contributed by atoms with E-state index in [1.54, 1.807) is 34.7 Å². The molecule has 3 aromatic heterocycles. The summed E-state index contributed by atoms with van der Waals surface area (Å²) in [7, 11) is 0. The molecule has 0 fully saturated rings. The molecule has 1 aliphatic heterocycles. The highest BCUT2D eigenvalue weighted by Crippen LogP contribution is 2.35. The van der Waals surface area contributed by atoms with Crippen LogP contribution in [0, 0.1) is 0 Å². The van der Waals surface area contributed by atoms with Crippen LogP contribution < -0.4 is 15.5 Å². The Morgan fingerprint density at radius 3 is 2.71 bits per heavy atom. The zero-order valence-corrected chi connectivity index (χ0v) is 17.1. The number of anilines is 4. The molecule has 2 N–H and O–H groups in total. The van der Waals surface area contributed by atoms with Gasteiger partial charge in [-0.1, -0.05) is 18.2 Å². The summed E-state index contributed by atoms with van der Waals surface area (Å²) in [5.74, 6) is 0.703. The highest BCUT2D eigenvalue weighted by molar-refractivity contribution is 7.08. The van der Waals surface area contributed by atoms with Gasteiger partial charge in [0.2, 0.25) is 0 Å². The Hall–Kier alpha value is -4.04. The lowest BCUT2D eigenvalue weighted by Crippen LogP contribution is -2.30. The van der Waals surface area contributed by atoms with E-state index in [2.05, 4.69) is 20.6 Å². The van der Waals surface area contributed by atoms with Crippen molar-refractivity contribution in [1.29, 1.82) is 0 Å². The number of fused-ring (bicyclic) bond motifs is 2. The molecule has 31 heavy (non-hydrogen) atoms. The van der Waals surface area contributed by atoms with Crippen LogP contribution in [0.2, 0.25) is 0 Å². The molecule has 2 amide bonds. The van der Waals surface area contributed by atoms with Crippen LogP contribution in [0.25, 0.3) is 0 Å². The number of para-hydroxylation sites is 2. The molecule has 4 aromatic rings. The van der Waals surface area contributed by atoms with Crippen molar-refractivity contribution >= 4 is 46.2 Å². The number of hydrogen-bond acceptors (Lipinski definition) is 6. The van der Waals surface area contributed by atoms with E-state index in [1.165, 1.54) is 17.5 Å². The number of nitrogens with one attached hydrogen (secondary N) is 2. The second-order valence-corrected chi connectivity index (χ2v) is 7.72. The van der Waals surface area contributed by atoms with Crippen molar-refractivity contribution < 1.29 is 9.59 Å². The van der Waals surface area contributed by atoms with Crippen LogP contribution in [0.1, 0.15) is 26.3 Å². The number of aromatic nitrogens is 2. The Bertz CT molecular complexity index is 1260. The second-order valence-electron chi connectivity index (χ2n) is 6.94. The van der Waals surface area contributed by atoms with E-state index in [4.69, 9.17) is 0 Å². The van der Waals surface area contributed by atoms with Crippen LogP contribution in [0.15, 0.2) is 77.8 Å². The first-order chi connectivity index (χ1) is 15.2. The third-order valence-corrected chi connectivity index (χ3v) is 5.63. The van der Waals surface area contributed by atoms with Gasteiger partial charge in [-0.15, -0.1) is 0 Å². The van der Waals surface area contributed by atoms with Gasteiger partial charge in [0, 0.05) is 23.3 Å². The molecule has 0 bridgehead atoms. The van der Waals surface area contributed by atoms with Crippen molar-refractivity contribution in [3.05, 3.63) is 94.4 Å². The van der Waals surface area contributed by atoms with Gasteiger partial charge in [-0.3, -0.25) is 9.59 Å². The molecule has 1 aromatic carbocycles. The summed E-state index contributed by atoms with van der Waals surface area (Å²) in [6.07, 6.45) is 3.20. The van der Waals surface area contributed by atoms with Gasteiger partial charge in [-0.25, -0.2) is 9.97 Å². The average molecular weight is 427 g/mol. The van der Waals surface area contributed by atoms with E-state index >= 15 is 0 Å². The van der Waals surface area contributed by atoms with Crippen molar-refractivity contribution in [3.63, 3.8) is 0 Å². The lowest BCUT2D eigenvalue weighted by Gasteiger charge is -2.22. The Morgan fingerprint density at radius 1 is 1.00 bits per heavy atom. The highest BCUT2D eigenvalue weighted by atomic mass is 32.1. The fourth-order valence-corrected chi connectivity index (χ4v) is 4.03. The van der Waals surface area contributed by atoms with E-state index in [-0.39, 0.29) is 11.8 Å². The Kier molecular flexibility index (Phi) is 4.89. The summed E-state index contributed by atoms with van der Waals surface area (Å²) in [6.45, 7) is 0.378. The number of pyridine rings is 2. The fraction of sp³-hybridized carbons (Fsp3) is 0.0435. The zero-order valence-electron chi connectivity index (χ0n) is 16.3. The van der Waals surface area contributed by atoms with Gasteiger partial charge in [0.1, 0.15) is 11.6 Å². The Labute approximate surface area is 182 Å². The van der Waals surface area contributed by atoms with Crippen molar-refractivity contribution in [3.8, 4) is 0 Å². The van der Waals surface area contributed by atoms with Gasteiger partial charge in [-0.05, 0) is 41.8 Å². The van der Waals surface area contributed by atoms with Crippen molar-refractivity contribution in [2.45, 2.75) is 6.54 Å². The minimum Gasteiger partial charge on any atom is -0.338 e. The number of benzene rings is 1. The van der Waals surface area contributed by atoms with E-state index in [0.717, 1.165) is 22.8 Å². The molecule has 4 heterocycles. The molecule has 1 aliphatic rings. The molecule has 0 saturated heterocycles. The number of carbonyl (C=O) groups is 2. The molecule has 0 radical (unpaired) electrons. The zero-order chi connectivity index (χ0) is 21.2. The number of hydrogen-bond donors (Lipinski definition) is 2. The average Bonchev–Trinajstić information content (AvgIpc) is 3.29. The predicted molar refractivity (Wildman–Crippen MR) is 121 cm³/mol. The highest BCUT2D eigenvalue weighted by Gasteiger charge is 2.25. The predicted octanol–water partition coefficient (Wildman–Crippen LogP) is 4.69. The maximum absolute atomic E-state index is 13.4. The van der Waals surface area contributed by atoms with E-state index in [9.17, 15) is 9.59 Å². The Balaban J connectivity index is 1.42. The molecular weight excluding hydrogens is 410 g/mol. The van der Waals surface area contributed by atoms with Crippen LogP contribution >= 0.6 is 11.3 Å². The summed E-state index contributed by atoms with van der Waals surface area (Å²) in [5, 5.41) is 9.67. The maximum atomic E-state index is 13.4. The quantitative estimate of drug-likeness (QED) is 0.495. The summed E-state index contributed by atoms with van der Waals surface area (Å²) in [5.41, 5.74) is 3.49. The minimum absolute atomic E-state index is 0.186. The molecule has 5 rings (SSSR count). The van der Waals surface area contributed by atoms with E-state index in [1.807, 2.05) is 41.8 Å². The molecule has 8 heteroatoms. The first kappa shape index (κ1) is 19.0. The molecular formula is C23H17N5O2S. The topological polar surface area (TPSA) is 87.2 Å². The largest absolute Gasteiger partial charge is 0.338 e. The molecule has 0 atom stereocenters. The molecule has 0 unspecified atom stereocenters. The summed E-state index contributed by atoms with van der Waals surface area (Å²) < 4.78 is 0. The van der Waals surface area contributed by atoms with Crippen LogP contribution in [0.5, 0.6) is 0 Å². The standard InChI is InChI=1S/C23H17N5O2S/c29-22(17-9-11-31-14-17)27-20-8-7-15(12-25-20)23(30)28-13-16-4-3-10-24-21(16)26-18-5-1-2-6-19(18)28/h1-12,14H,13H2,(H,24,26)(H,25,27,29). The van der Waals surface area contributed by atoms with E-state index < -0.39 is 0 Å². The molecule has 7 nitrogen and oxygen atoms in total. The number of rotatable bonds is 3. The van der Waals surface area contributed by atoms with Gasteiger partial charge in [0.15, 0.2) is 0 Å². The lowest BCUT2D eigenvalue weighted by molar-refractivity contribution is 0.0984.